The summed E-state index contributed by atoms with van der Waals surface area (Å²) in [6.45, 7) is 6.53. The number of hydrogen-bond donors (Lipinski definition) is 1. The van der Waals surface area contributed by atoms with Gasteiger partial charge in [-0.25, -0.2) is 0 Å². The molecule has 0 unspecified atom stereocenters. The molecule has 38 heavy (non-hydrogen) atoms. The van der Waals surface area contributed by atoms with Gasteiger partial charge in [0.15, 0.2) is 0 Å². The van der Waals surface area contributed by atoms with Crippen molar-refractivity contribution in [2.45, 2.75) is 31.5 Å². The van der Waals surface area contributed by atoms with Gasteiger partial charge in [-0.15, -0.1) is 0 Å². The van der Waals surface area contributed by atoms with Crippen LogP contribution in [0.15, 0.2) is 114 Å². The Labute approximate surface area is 227 Å². The Bertz CT molecular complexity index is 1650. The van der Waals surface area contributed by atoms with Gasteiger partial charge < -0.3 is 0 Å². The van der Waals surface area contributed by atoms with Crippen LogP contribution in [0.2, 0.25) is 5.32 Å². The van der Waals surface area contributed by atoms with Crippen LogP contribution in [-0.4, -0.2) is 28.6 Å². The summed E-state index contributed by atoms with van der Waals surface area (Å²) >= 11 is -1.59. The van der Waals surface area contributed by atoms with Crippen LogP contribution in [0, 0.1) is 0 Å². The molecule has 0 saturated carbocycles. The van der Waals surface area contributed by atoms with Gasteiger partial charge in [-0.2, -0.15) is 0 Å². The van der Waals surface area contributed by atoms with E-state index in [1.807, 2.05) is 78.9 Å². The van der Waals surface area contributed by atoms with Gasteiger partial charge in [0.1, 0.15) is 0 Å². The first-order chi connectivity index (χ1) is 18.3. The van der Waals surface area contributed by atoms with Gasteiger partial charge in [0.05, 0.1) is 0 Å². The zero-order chi connectivity index (χ0) is 26.7. The molecule has 0 bridgehead atoms. The van der Waals surface area contributed by atoms with Crippen LogP contribution < -0.4 is 14.5 Å². The van der Waals surface area contributed by atoms with Crippen LogP contribution in [0.5, 0.6) is 5.75 Å². The Kier molecular flexibility index (Phi) is 7.33. The van der Waals surface area contributed by atoms with Crippen molar-refractivity contribution in [2.75, 3.05) is 0 Å². The molecular formula is C33H31N2O2Se. The Morgan fingerprint density at radius 2 is 1.50 bits per heavy atom. The van der Waals surface area contributed by atoms with Crippen LogP contribution in [0.3, 0.4) is 0 Å². The number of nitrogens with zero attached hydrogens (tertiary/aromatic N) is 2. The summed E-state index contributed by atoms with van der Waals surface area (Å²) < 4.78 is 3.92. The summed E-state index contributed by atoms with van der Waals surface area (Å²) in [7, 11) is 0. The zero-order valence-electron chi connectivity index (χ0n) is 21.8. The summed E-state index contributed by atoms with van der Waals surface area (Å²) in [5, 5.41) is 12.0. The predicted octanol–water partition coefficient (Wildman–Crippen LogP) is 5.71. The molecule has 0 amide bonds. The van der Waals surface area contributed by atoms with Gasteiger partial charge >= 0.3 is 228 Å². The summed E-state index contributed by atoms with van der Waals surface area (Å²) in [6, 6.07) is 33.6. The molecule has 5 heteroatoms. The zero-order valence-corrected chi connectivity index (χ0v) is 23.5. The average molecular weight is 567 g/mol. The van der Waals surface area contributed by atoms with Gasteiger partial charge in [-0.05, 0) is 0 Å². The first-order valence-electron chi connectivity index (χ1n) is 12.7. The molecule has 0 saturated heterocycles. The summed E-state index contributed by atoms with van der Waals surface area (Å²) in [4.78, 5) is 18.6. The molecule has 0 aliphatic rings. The van der Waals surface area contributed by atoms with E-state index in [0.717, 1.165) is 15.5 Å². The van der Waals surface area contributed by atoms with Crippen LogP contribution in [0.4, 0.5) is 0 Å². The first-order valence-corrected chi connectivity index (χ1v) is 15.6. The maximum atomic E-state index is 13.7. The van der Waals surface area contributed by atoms with Crippen LogP contribution >= 0.6 is 0 Å². The Hall–Kier alpha value is -3.92. The fraction of sp³-hybridized carbons (Fsp3) is 0.152. The number of rotatable bonds is 6. The number of allylic oxidation sites excluding steroid dienone is 1. The van der Waals surface area contributed by atoms with Gasteiger partial charge in [-0.3, -0.25) is 0 Å². The van der Waals surface area contributed by atoms with Crippen molar-refractivity contribution in [1.29, 1.82) is 0 Å². The second kappa shape index (κ2) is 10.8. The van der Waals surface area contributed by atoms with Crippen molar-refractivity contribution in [3.63, 3.8) is 0 Å². The fourth-order valence-electron chi connectivity index (χ4n) is 4.43. The minimum atomic E-state index is -1.59. The van der Waals surface area contributed by atoms with Crippen LogP contribution in [0.25, 0.3) is 22.7 Å². The number of aromatic nitrogens is 2. The number of fused-ring (bicyclic) bond motifs is 1. The van der Waals surface area contributed by atoms with Gasteiger partial charge in [0, 0.05) is 0 Å². The number of phenolic OH excluding ortho intramolecular Hbond substituents is 1. The van der Waals surface area contributed by atoms with E-state index in [-0.39, 0.29) is 11.0 Å². The van der Waals surface area contributed by atoms with E-state index >= 15 is 0 Å². The van der Waals surface area contributed by atoms with Crippen molar-refractivity contribution in [3.05, 3.63) is 131 Å². The molecule has 0 fully saturated rings. The van der Waals surface area contributed by atoms with E-state index in [2.05, 4.69) is 51.1 Å². The molecule has 0 spiro atoms. The van der Waals surface area contributed by atoms with E-state index < -0.39 is 13.9 Å². The van der Waals surface area contributed by atoms with E-state index in [0.29, 0.717) is 22.5 Å². The fourth-order valence-corrected chi connectivity index (χ4v) is 8.55. The van der Waals surface area contributed by atoms with Crippen molar-refractivity contribution in [3.8, 4) is 11.4 Å². The summed E-state index contributed by atoms with van der Waals surface area (Å²) in [6.07, 6.45) is 4.05. The second-order valence-electron chi connectivity index (χ2n) is 10.2. The molecule has 0 aliphatic carbocycles. The Morgan fingerprint density at radius 3 is 2.21 bits per heavy atom. The normalized spacial score (nSPS) is 12.0. The molecule has 4 aromatic carbocycles. The first kappa shape index (κ1) is 25.7. The molecule has 0 aliphatic heterocycles. The van der Waals surface area contributed by atoms with Gasteiger partial charge in [0.2, 0.25) is 0 Å². The number of aromatic hydroxyl groups is 1. The van der Waals surface area contributed by atoms with Crippen molar-refractivity contribution < 1.29 is 5.11 Å². The molecule has 5 aromatic rings. The van der Waals surface area contributed by atoms with E-state index in [4.69, 9.17) is 4.98 Å². The molecule has 1 heterocycles. The van der Waals surface area contributed by atoms with Gasteiger partial charge in [-0.1, -0.05) is 0 Å². The number of phenols is 1. The van der Waals surface area contributed by atoms with Crippen LogP contribution in [0.1, 0.15) is 32.2 Å². The summed E-state index contributed by atoms with van der Waals surface area (Å²) in [5.41, 5.74) is 2.61. The maximum absolute atomic E-state index is 13.7. The topological polar surface area (TPSA) is 55.1 Å². The van der Waals surface area contributed by atoms with Crippen molar-refractivity contribution in [2.24, 2.45) is 0 Å². The SMILES string of the molecule is CC(C)(C)c1ccc(-n2c(/C=C/C[Se](c3ccccc3)c3ccccc3O)nc3ccccc3c2=O)cc1. The van der Waals surface area contributed by atoms with Crippen LogP contribution in [-0.2, 0) is 5.41 Å². The standard InChI is InChI=1S/C33H31N2O2Se/c1-33(2,3)24-19-21-25(22-20-24)35-31(34-28-15-8-7-14-27(28)32(35)37)18-11-23-38(26-12-5-4-6-13-26)30-17-10-9-16-29(30)36/h4-22,36H,23H2,1-3H3/b18-11+. The molecule has 5 rings (SSSR count). The monoisotopic (exact) mass is 567 g/mol. The van der Waals surface area contributed by atoms with Crippen molar-refractivity contribution in [1.82, 2.24) is 9.55 Å². The van der Waals surface area contributed by atoms with Crippen molar-refractivity contribution >= 4 is 39.8 Å². The number of hydrogen-bond acceptors (Lipinski definition) is 3. The summed E-state index contributed by atoms with van der Waals surface area (Å²) in [5.74, 6) is 0.919. The third-order valence-electron chi connectivity index (χ3n) is 6.48. The Balaban J connectivity index is 1.58. The molecule has 4 nitrogen and oxygen atoms in total. The third-order valence-corrected chi connectivity index (χ3v) is 11.2. The molecule has 0 atom stereocenters. The Morgan fingerprint density at radius 1 is 0.842 bits per heavy atom. The minimum absolute atomic E-state index is 0.0213. The van der Waals surface area contributed by atoms with E-state index in [9.17, 15) is 9.90 Å². The number of benzene rings is 4. The molecule has 1 aromatic heterocycles. The molecule has 191 valence electrons. The van der Waals surface area contributed by atoms with E-state index in [1.165, 1.54) is 10.0 Å². The van der Waals surface area contributed by atoms with E-state index in [1.54, 1.807) is 10.6 Å². The molecular weight excluding hydrogens is 535 g/mol. The predicted molar refractivity (Wildman–Crippen MR) is 159 cm³/mol. The quantitative estimate of drug-likeness (QED) is 0.268. The molecule has 1 radical (unpaired) electrons. The average Bonchev–Trinajstić information content (AvgIpc) is 2.92. The third kappa shape index (κ3) is 5.35. The number of para-hydroxylation sites is 2. The van der Waals surface area contributed by atoms with Gasteiger partial charge in [0.25, 0.3) is 0 Å². The second-order valence-corrected chi connectivity index (χ2v) is 14.4. The molecule has 1 N–H and O–H groups in total.